The molecule has 49 valence electrons. The summed E-state index contributed by atoms with van der Waals surface area (Å²) in [7, 11) is 0. The van der Waals surface area contributed by atoms with E-state index < -0.39 is 0 Å². The third-order valence-electron chi connectivity index (χ3n) is 1.13. The molecule has 0 saturated carbocycles. The summed E-state index contributed by atoms with van der Waals surface area (Å²) in [5.74, 6) is 5.89. The SMILES string of the molecule is [CH2]CC#Cc1ccccc1. The Morgan fingerprint density at radius 3 is 2.50 bits per heavy atom. The molecule has 0 saturated heterocycles. The smallest absolute Gasteiger partial charge is 0.0245 e. The van der Waals surface area contributed by atoms with Crippen LogP contribution in [0.15, 0.2) is 30.3 Å². The molecule has 0 atom stereocenters. The molecule has 1 aromatic rings. The van der Waals surface area contributed by atoms with Gasteiger partial charge < -0.3 is 0 Å². The van der Waals surface area contributed by atoms with Crippen molar-refractivity contribution in [3.8, 4) is 11.8 Å². The van der Waals surface area contributed by atoms with E-state index in [4.69, 9.17) is 0 Å². The molecule has 0 fully saturated rings. The van der Waals surface area contributed by atoms with Gasteiger partial charge in [-0.2, -0.15) is 0 Å². The van der Waals surface area contributed by atoms with Crippen LogP contribution in [0, 0.1) is 18.8 Å². The third kappa shape index (κ3) is 1.95. The first-order valence-electron chi connectivity index (χ1n) is 3.26. The average Bonchev–Trinajstić information content (AvgIpc) is 2.03. The topological polar surface area (TPSA) is 0 Å². The van der Waals surface area contributed by atoms with Gasteiger partial charge in [0.15, 0.2) is 0 Å². The zero-order chi connectivity index (χ0) is 7.23. The molecule has 0 aromatic heterocycles. The Morgan fingerprint density at radius 1 is 1.20 bits per heavy atom. The fourth-order valence-electron chi connectivity index (χ4n) is 0.686. The predicted octanol–water partition coefficient (Wildman–Crippen LogP) is 2.26. The molecule has 0 amide bonds. The molecule has 1 aromatic carbocycles. The molecule has 0 spiro atoms. The highest BCUT2D eigenvalue weighted by Gasteiger charge is 1.78. The quantitative estimate of drug-likeness (QED) is 0.471. The molecule has 0 N–H and O–H groups in total. The second kappa shape index (κ2) is 3.74. The van der Waals surface area contributed by atoms with Crippen LogP contribution >= 0.6 is 0 Å². The van der Waals surface area contributed by atoms with Crippen LogP contribution in [0.1, 0.15) is 12.0 Å². The van der Waals surface area contributed by atoms with Crippen LogP contribution in [0.3, 0.4) is 0 Å². The van der Waals surface area contributed by atoms with E-state index in [2.05, 4.69) is 18.8 Å². The van der Waals surface area contributed by atoms with E-state index in [1.54, 1.807) is 0 Å². The highest BCUT2D eigenvalue weighted by Crippen LogP contribution is 1.94. The van der Waals surface area contributed by atoms with Gasteiger partial charge in [0.05, 0.1) is 0 Å². The number of hydrogen-bond donors (Lipinski definition) is 0. The molecule has 1 rings (SSSR count). The van der Waals surface area contributed by atoms with Crippen molar-refractivity contribution in [3.05, 3.63) is 42.8 Å². The summed E-state index contributed by atoms with van der Waals surface area (Å²) in [6.45, 7) is 3.63. The molecule has 0 unspecified atom stereocenters. The molecule has 0 heterocycles. The fourth-order valence-corrected chi connectivity index (χ4v) is 0.686. The van der Waals surface area contributed by atoms with Crippen molar-refractivity contribution in [2.75, 3.05) is 0 Å². The second-order valence-electron chi connectivity index (χ2n) is 1.92. The van der Waals surface area contributed by atoms with E-state index in [0.717, 1.165) is 5.56 Å². The van der Waals surface area contributed by atoms with Gasteiger partial charge in [-0.05, 0) is 19.1 Å². The summed E-state index contributed by atoms with van der Waals surface area (Å²) >= 11 is 0. The Bertz CT molecular complexity index is 236. The second-order valence-corrected chi connectivity index (χ2v) is 1.92. The first-order chi connectivity index (χ1) is 4.93. The van der Waals surface area contributed by atoms with Crippen molar-refractivity contribution in [1.82, 2.24) is 0 Å². The number of hydrogen-bond acceptors (Lipinski definition) is 0. The van der Waals surface area contributed by atoms with E-state index in [9.17, 15) is 0 Å². The van der Waals surface area contributed by atoms with Crippen molar-refractivity contribution in [1.29, 1.82) is 0 Å². The molecule has 0 bridgehead atoms. The molecule has 1 radical (unpaired) electrons. The van der Waals surface area contributed by atoms with Crippen molar-refractivity contribution in [3.63, 3.8) is 0 Å². The van der Waals surface area contributed by atoms with E-state index in [1.807, 2.05) is 30.3 Å². The van der Waals surface area contributed by atoms with Gasteiger partial charge in [-0.25, -0.2) is 0 Å². The van der Waals surface area contributed by atoms with Gasteiger partial charge in [-0.1, -0.05) is 30.0 Å². The minimum Gasteiger partial charge on any atom is -0.0979 e. The molecular formula is C10H9. The van der Waals surface area contributed by atoms with Crippen LogP contribution < -0.4 is 0 Å². The molecule has 0 aliphatic rings. The zero-order valence-corrected chi connectivity index (χ0v) is 5.80. The van der Waals surface area contributed by atoms with Crippen LogP contribution in [-0.2, 0) is 0 Å². The summed E-state index contributed by atoms with van der Waals surface area (Å²) in [6, 6.07) is 9.92. The lowest BCUT2D eigenvalue weighted by atomic mass is 10.2. The summed E-state index contributed by atoms with van der Waals surface area (Å²) < 4.78 is 0. The molecule has 0 aliphatic carbocycles. The maximum atomic E-state index is 3.63. The van der Waals surface area contributed by atoms with Crippen LogP contribution in [0.2, 0.25) is 0 Å². The lowest BCUT2D eigenvalue weighted by molar-refractivity contribution is 1.48. The van der Waals surface area contributed by atoms with Gasteiger partial charge in [0.2, 0.25) is 0 Å². The van der Waals surface area contributed by atoms with Crippen LogP contribution in [0.5, 0.6) is 0 Å². The van der Waals surface area contributed by atoms with Gasteiger partial charge in [-0.15, -0.1) is 0 Å². The first kappa shape index (κ1) is 6.89. The summed E-state index contributed by atoms with van der Waals surface area (Å²) in [4.78, 5) is 0. The predicted molar refractivity (Wildman–Crippen MR) is 43.3 cm³/mol. The highest BCUT2D eigenvalue weighted by atomic mass is 13.8. The highest BCUT2D eigenvalue weighted by molar-refractivity contribution is 5.33. The third-order valence-corrected chi connectivity index (χ3v) is 1.13. The maximum Gasteiger partial charge on any atom is 0.0245 e. The lowest BCUT2D eigenvalue weighted by Crippen LogP contribution is -1.69. The van der Waals surface area contributed by atoms with Gasteiger partial charge >= 0.3 is 0 Å². The van der Waals surface area contributed by atoms with Crippen molar-refractivity contribution >= 4 is 0 Å². The Kier molecular flexibility index (Phi) is 2.58. The normalized spacial score (nSPS) is 8.10. The van der Waals surface area contributed by atoms with E-state index >= 15 is 0 Å². The van der Waals surface area contributed by atoms with Gasteiger partial charge in [-0.3, -0.25) is 0 Å². The summed E-state index contributed by atoms with van der Waals surface area (Å²) in [5, 5.41) is 0. The minimum absolute atomic E-state index is 0.675. The number of benzene rings is 1. The standard InChI is InChI=1S/C10H9/c1-2-3-7-10-8-5-4-6-9-10/h4-6,8-9H,1-2H2. The first-order valence-corrected chi connectivity index (χ1v) is 3.26. The van der Waals surface area contributed by atoms with E-state index in [0.29, 0.717) is 6.42 Å². The Labute approximate surface area is 61.9 Å². The van der Waals surface area contributed by atoms with Crippen LogP contribution in [0.4, 0.5) is 0 Å². The minimum atomic E-state index is 0.675. The summed E-state index contributed by atoms with van der Waals surface area (Å²) in [5.41, 5.74) is 1.06. The fraction of sp³-hybridized carbons (Fsp3) is 0.100. The van der Waals surface area contributed by atoms with Crippen molar-refractivity contribution in [2.24, 2.45) is 0 Å². The Balaban J connectivity index is 2.76. The van der Waals surface area contributed by atoms with Crippen LogP contribution in [-0.4, -0.2) is 0 Å². The average molecular weight is 129 g/mol. The van der Waals surface area contributed by atoms with E-state index in [-0.39, 0.29) is 0 Å². The van der Waals surface area contributed by atoms with E-state index in [1.165, 1.54) is 0 Å². The monoisotopic (exact) mass is 129 g/mol. The van der Waals surface area contributed by atoms with Crippen LogP contribution in [0.25, 0.3) is 0 Å². The molecule has 0 nitrogen and oxygen atoms in total. The van der Waals surface area contributed by atoms with Gasteiger partial charge in [0, 0.05) is 12.0 Å². The number of rotatable bonds is 0. The summed E-state index contributed by atoms with van der Waals surface area (Å²) in [6.07, 6.45) is 0.675. The lowest BCUT2D eigenvalue weighted by Gasteiger charge is -1.84. The Hall–Kier alpha value is -1.22. The van der Waals surface area contributed by atoms with Crippen molar-refractivity contribution in [2.45, 2.75) is 6.42 Å². The van der Waals surface area contributed by atoms with Crippen molar-refractivity contribution < 1.29 is 0 Å². The molecular weight excluding hydrogens is 120 g/mol. The molecule has 0 heteroatoms. The molecule has 10 heavy (non-hydrogen) atoms. The van der Waals surface area contributed by atoms with Gasteiger partial charge in [0.1, 0.15) is 0 Å². The zero-order valence-electron chi connectivity index (χ0n) is 5.80. The largest absolute Gasteiger partial charge is 0.0979 e. The maximum absolute atomic E-state index is 3.63. The molecule has 0 aliphatic heterocycles. The van der Waals surface area contributed by atoms with Gasteiger partial charge in [0.25, 0.3) is 0 Å². The Morgan fingerprint density at radius 2 is 1.90 bits per heavy atom.